The highest BCUT2D eigenvalue weighted by atomic mass is 16.5. The number of fused-ring (bicyclic) bond motifs is 1. The molecular weight excluding hydrogens is 316 g/mol. The summed E-state index contributed by atoms with van der Waals surface area (Å²) in [7, 11) is 3.33. The Kier molecular flexibility index (Phi) is 5.52. The lowest BCUT2D eigenvalue weighted by Gasteiger charge is -2.42. The molecule has 1 fully saturated rings. The Hall–Kier alpha value is -1.75. The Morgan fingerprint density at radius 2 is 1.80 bits per heavy atom. The zero-order chi connectivity index (χ0) is 18.0. The van der Waals surface area contributed by atoms with E-state index in [1.54, 1.807) is 14.2 Å². The Labute approximate surface area is 150 Å². The summed E-state index contributed by atoms with van der Waals surface area (Å²) in [6, 6.07) is 4.25. The van der Waals surface area contributed by atoms with Gasteiger partial charge < -0.3 is 19.7 Å². The Bertz CT molecular complexity index is 624. The average Bonchev–Trinajstić information content (AvgIpc) is 2.65. The molecule has 0 saturated carbocycles. The summed E-state index contributed by atoms with van der Waals surface area (Å²) in [6.07, 6.45) is 2.76. The van der Waals surface area contributed by atoms with E-state index in [0.717, 1.165) is 50.4 Å². The number of piperidine rings is 1. The van der Waals surface area contributed by atoms with Crippen molar-refractivity contribution in [2.24, 2.45) is 11.8 Å². The number of benzene rings is 1. The van der Waals surface area contributed by atoms with E-state index in [9.17, 15) is 4.79 Å². The number of hydrogen-bond donors (Lipinski definition) is 1. The van der Waals surface area contributed by atoms with Crippen molar-refractivity contribution in [3.63, 3.8) is 0 Å². The van der Waals surface area contributed by atoms with E-state index in [2.05, 4.69) is 36.2 Å². The van der Waals surface area contributed by atoms with Crippen LogP contribution in [0.1, 0.15) is 43.9 Å². The lowest BCUT2D eigenvalue weighted by molar-refractivity contribution is -0.140. The summed E-state index contributed by atoms with van der Waals surface area (Å²) < 4.78 is 11.0. The lowest BCUT2D eigenvalue weighted by atomic mass is 9.84. The molecule has 0 aliphatic carbocycles. The Morgan fingerprint density at radius 3 is 2.40 bits per heavy atom. The summed E-state index contributed by atoms with van der Waals surface area (Å²) in [4.78, 5) is 15.3. The molecule has 1 aromatic rings. The highest BCUT2D eigenvalue weighted by molar-refractivity contribution is 5.80. The molecule has 5 heteroatoms. The van der Waals surface area contributed by atoms with Crippen LogP contribution in [0.15, 0.2) is 12.1 Å². The maximum atomic E-state index is 13.2. The van der Waals surface area contributed by atoms with E-state index in [0.29, 0.717) is 11.8 Å². The minimum Gasteiger partial charge on any atom is -0.493 e. The van der Waals surface area contributed by atoms with Crippen LogP contribution in [0.25, 0.3) is 0 Å². The van der Waals surface area contributed by atoms with Gasteiger partial charge in [0, 0.05) is 12.5 Å². The van der Waals surface area contributed by atoms with Gasteiger partial charge in [0.15, 0.2) is 11.5 Å². The van der Waals surface area contributed by atoms with E-state index in [1.807, 2.05) is 0 Å². The van der Waals surface area contributed by atoms with Crippen molar-refractivity contribution in [3.05, 3.63) is 23.3 Å². The minimum atomic E-state index is 0.103. The lowest BCUT2D eigenvalue weighted by Crippen LogP contribution is -2.47. The van der Waals surface area contributed by atoms with Crippen LogP contribution in [0.4, 0.5) is 0 Å². The molecule has 1 atom stereocenters. The standard InChI is InChI=1S/C20H30N2O3/c1-13(2)19-16-12-18(25-4)17(24-3)11-15(16)7-10-22(19)20(23)14-5-8-21-9-6-14/h11-14,19,21H,5-10H2,1-4H3. The van der Waals surface area contributed by atoms with Gasteiger partial charge >= 0.3 is 0 Å². The first-order valence-corrected chi connectivity index (χ1v) is 9.32. The molecular formula is C20H30N2O3. The molecule has 2 heterocycles. The average molecular weight is 346 g/mol. The van der Waals surface area contributed by atoms with Gasteiger partial charge in [-0.1, -0.05) is 13.8 Å². The second kappa shape index (κ2) is 7.65. The van der Waals surface area contributed by atoms with Crippen LogP contribution in [0.3, 0.4) is 0 Å². The third kappa shape index (κ3) is 3.47. The topological polar surface area (TPSA) is 50.8 Å². The van der Waals surface area contributed by atoms with Crippen molar-refractivity contribution < 1.29 is 14.3 Å². The van der Waals surface area contributed by atoms with E-state index in [1.165, 1.54) is 11.1 Å². The summed E-state index contributed by atoms with van der Waals surface area (Å²) in [5.74, 6) is 2.33. The number of nitrogens with one attached hydrogen (secondary N) is 1. The fourth-order valence-electron chi connectivity index (χ4n) is 4.25. The van der Waals surface area contributed by atoms with Gasteiger partial charge in [-0.2, -0.15) is 0 Å². The second-order valence-electron chi connectivity index (χ2n) is 7.40. The monoisotopic (exact) mass is 346 g/mol. The number of rotatable bonds is 4. The van der Waals surface area contributed by atoms with Crippen LogP contribution in [0.5, 0.6) is 11.5 Å². The van der Waals surface area contributed by atoms with Gasteiger partial charge in [-0.05, 0) is 61.5 Å². The first kappa shape index (κ1) is 18.1. The third-order valence-electron chi connectivity index (χ3n) is 5.52. The number of ether oxygens (including phenoxy) is 2. The van der Waals surface area contributed by atoms with Crippen molar-refractivity contribution >= 4 is 5.91 Å². The third-order valence-corrected chi connectivity index (χ3v) is 5.52. The maximum absolute atomic E-state index is 13.2. The molecule has 0 bridgehead atoms. The van der Waals surface area contributed by atoms with Gasteiger partial charge in [0.1, 0.15) is 0 Å². The number of nitrogens with zero attached hydrogens (tertiary/aromatic N) is 1. The molecule has 1 amide bonds. The summed E-state index contributed by atoms with van der Waals surface area (Å²) in [5.41, 5.74) is 2.48. The second-order valence-corrected chi connectivity index (χ2v) is 7.40. The molecule has 1 saturated heterocycles. The predicted octanol–water partition coefficient (Wildman–Crippen LogP) is 2.79. The van der Waals surface area contributed by atoms with E-state index in [-0.39, 0.29) is 12.0 Å². The molecule has 0 spiro atoms. The molecule has 1 aromatic carbocycles. The van der Waals surface area contributed by atoms with E-state index < -0.39 is 0 Å². The zero-order valence-corrected chi connectivity index (χ0v) is 15.8. The van der Waals surface area contributed by atoms with Gasteiger partial charge in [-0.25, -0.2) is 0 Å². The van der Waals surface area contributed by atoms with Crippen LogP contribution in [0, 0.1) is 11.8 Å². The maximum Gasteiger partial charge on any atom is 0.226 e. The van der Waals surface area contributed by atoms with Crippen molar-refractivity contribution in [3.8, 4) is 11.5 Å². The Morgan fingerprint density at radius 1 is 1.16 bits per heavy atom. The van der Waals surface area contributed by atoms with Crippen LogP contribution >= 0.6 is 0 Å². The number of amides is 1. The normalized spacial score (nSPS) is 21.2. The van der Waals surface area contributed by atoms with Gasteiger partial charge in [0.25, 0.3) is 0 Å². The first-order valence-electron chi connectivity index (χ1n) is 9.32. The van der Waals surface area contributed by atoms with Gasteiger partial charge in [-0.15, -0.1) is 0 Å². The highest BCUT2D eigenvalue weighted by Crippen LogP contribution is 2.41. The first-order chi connectivity index (χ1) is 12.1. The summed E-state index contributed by atoms with van der Waals surface area (Å²) in [5, 5.41) is 3.35. The quantitative estimate of drug-likeness (QED) is 0.911. The molecule has 25 heavy (non-hydrogen) atoms. The van der Waals surface area contributed by atoms with Crippen LogP contribution in [-0.4, -0.2) is 44.7 Å². The largest absolute Gasteiger partial charge is 0.493 e. The molecule has 5 nitrogen and oxygen atoms in total. The van der Waals surface area contributed by atoms with Crippen molar-refractivity contribution in [1.82, 2.24) is 10.2 Å². The van der Waals surface area contributed by atoms with Crippen LogP contribution in [-0.2, 0) is 11.2 Å². The highest BCUT2D eigenvalue weighted by Gasteiger charge is 2.36. The SMILES string of the molecule is COc1cc2c(cc1OC)C(C(C)C)N(C(=O)C1CCNCC1)CC2. The van der Waals surface area contributed by atoms with E-state index >= 15 is 0 Å². The number of hydrogen-bond acceptors (Lipinski definition) is 4. The van der Waals surface area contributed by atoms with E-state index in [4.69, 9.17) is 9.47 Å². The molecule has 2 aliphatic heterocycles. The van der Waals surface area contributed by atoms with Gasteiger partial charge in [-0.3, -0.25) is 4.79 Å². The van der Waals surface area contributed by atoms with Crippen LogP contribution < -0.4 is 14.8 Å². The molecule has 0 radical (unpaired) electrons. The molecule has 138 valence electrons. The summed E-state index contributed by atoms with van der Waals surface area (Å²) in [6.45, 7) is 7.06. The number of methoxy groups -OCH3 is 2. The molecule has 3 rings (SSSR count). The molecule has 0 aromatic heterocycles. The van der Waals surface area contributed by atoms with Crippen molar-refractivity contribution in [2.75, 3.05) is 33.9 Å². The summed E-state index contributed by atoms with van der Waals surface area (Å²) >= 11 is 0. The number of carbonyl (C=O) groups is 1. The van der Waals surface area contributed by atoms with Crippen LogP contribution in [0.2, 0.25) is 0 Å². The predicted molar refractivity (Wildman–Crippen MR) is 98.1 cm³/mol. The van der Waals surface area contributed by atoms with Gasteiger partial charge in [0.05, 0.1) is 20.3 Å². The van der Waals surface area contributed by atoms with Gasteiger partial charge in [0.2, 0.25) is 5.91 Å². The fourth-order valence-corrected chi connectivity index (χ4v) is 4.25. The van der Waals surface area contributed by atoms with Crippen molar-refractivity contribution in [1.29, 1.82) is 0 Å². The number of carbonyl (C=O) groups excluding carboxylic acids is 1. The fraction of sp³-hybridized carbons (Fsp3) is 0.650. The Balaban J connectivity index is 1.94. The zero-order valence-electron chi connectivity index (χ0n) is 15.8. The molecule has 1 unspecified atom stereocenters. The molecule has 2 aliphatic rings. The molecule has 1 N–H and O–H groups in total. The minimum absolute atomic E-state index is 0.103. The van der Waals surface area contributed by atoms with Crippen molar-refractivity contribution in [2.45, 2.75) is 39.2 Å². The smallest absolute Gasteiger partial charge is 0.226 e.